The number of pyridine rings is 1. The monoisotopic (exact) mass is 272 g/mol. The van der Waals surface area contributed by atoms with Crippen molar-refractivity contribution in [3.05, 3.63) is 46.1 Å². The van der Waals surface area contributed by atoms with Crippen LogP contribution in [0.15, 0.2) is 29.3 Å². The van der Waals surface area contributed by atoms with E-state index in [2.05, 4.69) is 34.1 Å². The Labute approximate surface area is 118 Å². The first-order valence-electron chi connectivity index (χ1n) is 6.78. The molecular formula is C15H20N4O. The molecule has 0 aromatic carbocycles. The molecule has 0 saturated heterocycles. The Kier molecular flexibility index (Phi) is 4.63. The van der Waals surface area contributed by atoms with Crippen LogP contribution >= 0.6 is 0 Å². The highest BCUT2D eigenvalue weighted by molar-refractivity contribution is 5.57. The summed E-state index contributed by atoms with van der Waals surface area (Å²) in [4.78, 5) is 23.1. The van der Waals surface area contributed by atoms with Gasteiger partial charge in [-0.25, -0.2) is 4.98 Å². The Balaban J connectivity index is 2.25. The minimum absolute atomic E-state index is 0.139. The molecule has 2 aromatic heterocycles. The highest BCUT2D eigenvalue weighted by atomic mass is 16.1. The van der Waals surface area contributed by atoms with Crippen LogP contribution in [0, 0.1) is 12.8 Å². The fourth-order valence-corrected chi connectivity index (χ4v) is 1.93. The summed E-state index contributed by atoms with van der Waals surface area (Å²) in [7, 11) is 0. The molecule has 5 heteroatoms. The summed E-state index contributed by atoms with van der Waals surface area (Å²) < 4.78 is 0. The molecule has 0 aliphatic heterocycles. The lowest BCUT2D eigenvalue weighted by atomic mass is 10.1. The van der Waals surface area contributed by atoms with E-state index >= 15 is 0 Å². The van der Waals surface area contributed by atoms with Crippen LogP contribution in [0.5, 0.6) is 0 Å². The third-order valence-electron chi connectivity index (χ3n) is 2.95. The van der Waals surface area contributed by atoms with Gasteiger partial charge in [-0.05, 0) is 31.0 Å². The first-order valence-corrected chi connectivity index (χ1v) is 6.78. The topological polar surface area (TPSA) is 70.7 Å². The van der Waals surface area contributed by atoms with Gasteiger partial charge in [-0.3, -0.25) is 9.78 Å². The molecular weight excluding hydrogens is 252 g/mol. The van der Waals surface area contributed by atoms with Gasteiger partial charge in [0, 0.05) is 30.6 Å². The molecule has 0 aliphatic rings. The average Bonchev–Trinajstić information content (AvgIpc) is 2.38. The second-order valence-corrected chi connectivity index (χ2v) is 5.30. The van der Waals surface area contributed by atoms with E-state index in [-0.39, 0.29) is 5.56 Å². The Morgan fingerprint density at radius 2 is 2.20 bits per heavy atom. The molecule has 5 nitrogen and oxygen atoms in total. The fraction of sp³-hybridized carbons (Fsp3) is 0.400. The van der Waals surface area contributed by atoms with Crippen LogP contribution in [0.25, 0.3) is 11.4 Å². The van der Waals surface area contributed by atoms with Gasteiger partial charge in [-0.15, -0.1) is 0 Å². The maximum Gasteiger partial charge on any atom is 0.251 e. The molecule has 0 aliphatic carbocycles. The van der Waals surface area contributed by atoms with Crippen LogP contribution in [0.3, 0.4) is 0 Å². The summed E-state index contributed by atoms with van der Waals surface area (Å²) in [6.45, 7) is 7.75. The summed E-state index contributed by atoms with van der Waals surface area (Å²) in [5.41, 5.74) is 2.50. The minimum Gasteiger partial charge on any atom is -0.311 e. The molecule has 0 atom stereocenters. The molecule has 2 rings (SSSR count). The molecule has 2 heterocycles. The number of nitrogens with zero attached hydrogens (tertiary/aromatic N) is 2. The van der Waals surface area contributed by atoms with E-state index in [1.807, 2.05) is 13.0 Å². The van der Waals surface area contributed by atoms with Crippen molar-refractivity contribution >= 4 is 0 Å². The van der Waals surface area contributed by atoms with Crippen LogP contribution < -0.4 is 10.9 Å². The van der Waals surface area contributed by atoms with Crippen molar-refractivity contribution in [1.82, 2.24) is 20.3 Å². The van der Waals surface area contributed by atoms with Gasteiger partial charge in [0.1, 0.15) is 5.82 Å². The Bertz CT molecular complexity index is 634. The van der Waals surface area contributed by atoms with Crippen molar-refractivity contribution < 1.29 is 0 Å². The zero-order valence-corrected chi connectivity index (χ0v) is 12.1. The quantitative estimate of drug-likeness (QED) is 0.872. The summed E-state index contributed by atoms with van der Waals surface area (Å²) in [6, 6.07) is 3.43. The standard InChI is InChI=1S/C15H20N4O/c1-10(2)7-17-8-12-6-14(20)19-15(18-12)13-9-16-5-4-11(13)3/h4-6,9-10,17H,7-8H2,1-3H3,(H,18,19,20). The summed E-state index contributed by atoms with van der Waals surface area (Å²) in [5, 5.41) is 3.29. The number of H-pyrrole nitrogens is 1. The van der Waals surface area contributed by atoms with Gasteiger partial charge in [0.05, 0.1) is 5.69 Å². The van der Waals surface area contributed by atoms with Crippen molar-refractivity contribution in [3.8, 4) is 11.4 Å². The number of hydrogen-bond donors (Lipinski definition) is 2. The van der Waals surface area contributed by atoms with Crippen LogP contribution in [-0.2, 0) is 6.54 Å². The Morgan fingerprint density at radius 1 is 1.40 bits per heavy atom. The second-order valence-electron chi connectivity index (χ2n) is 5.30. The van der Waals surface area contributed by atoms with Gasteiger partial charge in [-0.1, -0.05) is 13.8 Å². The van der Waals surface area contributed by atoms with E-state index in [9.17, 15) is 4.79 Å². The average molecular weight is 272 g/mol. The fourth-order valence-electron chi connectivity index (χ4n) is 1.93. The maximum absolute atomic E-state index is 11.7. The number of aromatic amines is 1. The van der Waals surface area contributed by atoms with Crippen LogP contribution in [0.1, 0.15) is 25.1 Å². The molecule has 0 unspecified atom stereocenters. The van der Waals surface area contributed by atoms with E-state index < -0.39 is 0 Å². The summed E-state index contributed by atoms with van der Waals surface area (Å²) in [5.74, 6) is 1.14. The number of aryl methyl sites for hydroxylation is 1. The lowest BCUT2D eigenvalue weighted by molar-refractivity contribution is 0.548. The lowest BCUT2D eigenvalue weighted by Crippen LogP contribution is -2.21. The highest BCUT2D eigenvalue weighted by Crippen LogP contribution is 2.16. The van der Waals surface area contributed by atoms with Crippen molar-refractivity contribution in [1.29, 1.82) is 0 Å². The predicted molar refractivity (Wildman–Crippen MR) is 79.4 cm³/mol. The first kappa shape index (κ1) is 14.4. The highest BCUT2D eigenvalue weighted by Gasteiger charge is 2.07. The number of aromatic nitrogens is 3. The third kappa shape index (κ3) is 3.74. The van der Waals surface area contributed by atoms with Crippen LogP contribution in [0.2, 0.25) is 0 Å². The summed E-state index contributed by atoms with van der Waals surface area (Å²) in [6.07, 6.45) is 3.45. The molecule has 0 fully saturated rings. The smallest absolute Gasteiger partial charge is 0.251 e. The molecule has 20 heavy (non-hydrogen) atoms. The number of rotatable bonds is 5. The zero-order chi connectivity index (χ0) is 14.5. The molecule has 0 bridgehead atoms. The van der Waals surface area contributed by atoms with E-state index in [1.165, 1.54) is 6.07 Å². The van der Waals surface area contributed by atoms with Crippen molar-refractivity contribution in [3.63, 3.8) is 0 Å². The van der Waals surface area contributed by atoms with Gasteiger partial charge < -0.3 is 10.3 Å². The van der Waals surface area contributed by atoms with Crippen molar-refractivity contribution in [2.24, 2.45) is 5.92 Å². The Morgan fingerprint density at radius 3 is 2.90 bits per heavy atom. The van der Waals surface area contributed by atoms with Gasteiger partial charge in [0.15, 0.2) is 0 Å². The largest absolute Gasteiger partial charge is 0.311 e. The van der Waals surface area contributed by atoms with Crippen molar-refractivity contribution in [2.45, 2.75) is 27.3 Å². The van der Waals surface area contributed by atoms with E-state index in [0.29, 0.717) is 18.3 Å². The molecule has 2 aromatic rings. The lowest BCUT2D eigenvalue weighted by Gasteiger charge is -2.09. The predicted octanol–water partition coefficient (Wildman–Crippen LogP) is 1.89. The number of nitrogens with one attached hydrogen (secondary N) is 2. The molecule has 2 N–H and O–H groups in total. The SMILES string of the molecule is Cc1ccncc1-c1nc(CNCC(C)C)cc(=O)[nH]1. The van der Waals surface area contributed by atoms with E-state index in [4.69, 9.17) is 0 Å². The zero-order valence-electron chi connectivity index (χ0n) is 12.1. The van der Waals surface area contributed by atoms with Gasteiger partial charge in [-0.2, -0.15) is 0 Å². The molecule has 0 amide bonds. The third-order valence-corrected chi connectivity index (χ3v) is 2.95. The number of hydrogen-bond acceptors (Lipinski definition) is 4. The normalized spacial score (nSPS) is 11.0. The summed E-state index contributed by atoms with van der Waals surface area (Å²) >= 11 is 0. The van der Waals surface area contributed by atoms with Gasteiger partial charge >= 0.3 is 0 Å². The van der Waals surface area contributed by atoms with Gasteiger partial charge in [0.25, 0.3) is 5.56 Å². The van der Waals surface area contributed by atoms with E-state index in [1.54, 1.807) is 12.4 Å². The molecule has 0 saturated carbocycles. The minimum atomic E-state index is -0.139. The second kappa shape index (κ2) is 6.43. The van der Waals surface area contributed by atoms with Crippen LogP contribution in [0.4, 0.5) is 0 Å². The van der Waals surface area contributed by atoms with E-state index in [0.717, 1.165) is 23.4 Å². The first-order chi connectivity index (χ1) is 9.56. The van der Waals surface area contributed by atoms with Crippen LogP contribution in [-0.4, -0.2) is 21.5 Å². The molecule has 106 valence electrons. The van der Waals surface area contributed by atoms with Gasteiger partial charge in [0.2, 0.25) is 0 Å². The Hall–Kier alpha value is -2.01. The molecule has 0 spiro atoms. The maximum atomic E-state index is 11.7. The molecule has 0 radical (unpaired) electrons. The van der Waals surface area contributed by atoms with Crippen molar-refractivity contribution in [2.75, 3.05) is 6.54 Å².